The summed E-state index contributed by atoms with van der Waals surface area (Å²) in [6.45, 7) is 2.92. The minimum absolute atomic E-state index is 0.0426. The topological polar surface area (TPSA) is 66.4 Å². The number of halogens is 1. The maximum Gasteiger partial charge on any atom is 0.243 e. The first kappa shape index (κ1) is 12.8. The molecule has 1 saturated heterocycles. The van der Waals surface area contributed by atoms with E-state index in [1.165, 1.54) is 22.2 Å². The average molecular weight is 269 g/mol. The van der Waals surface area contributed by atoms with Crippen molar-refractivity contribution in [3.05, 3.63) is 23.2 Å². The fourth-order valence-electron chi connectivity index (χ4n) is 1.75. The fourth-order valence-corrected chi connectivity index (χ4v) is 1.85. The van der Waals surface area contributed by atoms with Crippen LogP contribution in [0, 0.1) is 0 Å². The largest absolute Gasteiger partial charge is 0.332 e. The highest BCUT2D eigenvalue weighted by molar-refractivity contribution is 6.29. The van der Waals surface area contributed by atoms with Crippen LogP contribution in [0.15, 0.2) is 12.4 Å². The summed E-state index contributed by atoms with van der Waals surface area (Å²) in [6, 6.07) is 0. The number of likely N-dealkylation sites (N-methyl/N-ethyl adjacent to an activating group) is 1. The molecule has 96 valence electrons. The molecule has 0 unspecified atom stereocenters. The van der Waals surface area contributed by atoms with Gasteiger partial charge in [-0.05, 0) is 6.92 Å². The molecule has 0 aromatic carbocycles. The smallest absolute Gasteiger partial charge is 0.243 e. The van der Waals surface area contributed by atoms with Crippen molar-refractivity contribution >= 4 is 23.4 Å². The fraction of sp³-hybridized carbons (Fsp3) is 0.455. The Balaban J connectivity index is 2.04. The summed E-state index contributed by atoms with van der Waals surface area (Å²) in [5.41, 5.74) is 0.616. The summed E-state index contributed by atoms with van der Waals surface area (Å²) < 4.78 is 0. The SMILES string of the molecule is CCN1CC(=O)N(Cc2cnc(Cl)cn2)CC1=O. The number of carbonyl (C=O) groups is 2. The molecule has 1 aliphatic rings. The number of amides is 2. The highest BCUT2D eigenvalue weighted by Gasteiger charge is 2.28. The van der Waals surface area contributed by atoms with E-state index in [9.17, 15) is 9.59 Å². The summed E-state index contributed by atoms with van der Waals surface area (Å²) in [4.78, 5) is 34.5. The molecule has 2 heterocycles. The molecule has 0 radical (unpaired) electrons. The summed E-state index contributed by atoms with van der Waals surface area (Å²) >= 11 is 5.63. The lowest BCUT2D eigenvalue weighted by molar-refractivity contribution is -0.150. The second-order valence-electron chi connectivity index (χ2n) is 3.99. The van der Waals surface area contributed by atoms with Crippen molar-refractivity contribution in [2.45, 2.75) is 13.5 Å². The molecule has 0 N–H and O–H groups in total. The molecule has 1 aliphatic heterocycles. The van der Waals surface area contributed by atoms with E-state index in [-0.39, 0.29) is 31.4 Å². The molecule has 1 fully saturated rings. The lowest BCUT2D eigenvalue weighted by atomic mass is 10.2. The molecule has 2 amide bonds. The Morgan fingerprint density at radius 3 is 2.44 bits per heavy atom. The number of hydrogen-bond donors (Lipinski definition) is 0. The lowest BCUT2D eigenvalue weighted by Crippen LogP contribution is -2.53. The van der Waals surface area contributed by atoms with Gasteiger partial charge in [0, 0.05) is 6.54 Å². The van der Waals surface area contributed by atoms with Crippen LogP contribution in [0.5, 0.6) is 0 Å². The van der Waals surface area contributed by atoms with E-state index >= 15 is 0 Å². The highest BCUT2D eigenvalue weighted by atomic mass is 35.5. The minimum Gasteiger partial charge on any atom is -0.332 e. The molecule has 18 heavy (non-hydrogen) atoms. The Labute approximate surface area is 110 Å². The molecular weight excluding hydrogens is 256 g/mol. The molecule has 0 aliphatic carbocycles. The van der Waals surface area contributed by atoms with Crippen molar-refractivity contribution in [2.75, 3.05) is 19.6 Å². The second kappa shape index (κ2) is 5.30. The van der Waals surface area contributed by atoms with E-state index in [0.29, 0.717) is 17.4 Å². The van der Waals surface area contributed by atoms with E-state index in [1.54, 1.807) is 0 Å². The van der Waals surface area contributed by atoms with Gasteiger partial charge in [-0.15, -0.1) is 0 Å². The summed E-state index contributed by atoms with van der Waals surface area (Å²) in [5.74, 6) is -0.118. The van der Waals surface area contributed by atoms with Crippen molar-refractivity contribution < 1.29 is 9.59 Å². The molecule has 1 aromatic rings. The molecule has 2 rings (SSSR count). The van der Waals surface area contributed by atoms with Crippen molar-refractivity contribution in [1.29, 1.82) is 0 Å². The van der Waals surface area contributed by atoms with E-state index in [1.807, 2.05) is 6.92 Å². The highest BCUT2D eigenvalue weighted by Crippen LogP contribution is 2.09. The van der Waals surface area contributed by atoms with Gasteiger partial charge >= 0.3 is 0 Å². The summed E-state index contributed by atoms with van der Waals surface area (Å²) in [6.07, 6.45) is 2.93. The maximum atomic E-state index is 11.8. The van der Waals surface area contributed by atoms with Crippen LogP contribution in [-0.2, 0) is 16.1 Å². The summed E-state index contributed by atoms with van der Waals surface area (Å²) in [7, 11) is 0. The van der Waals surface area contributed by atoms with Crippen LogP contribution in [0.2, 0.25) is 5.15 Å². The molecule has 6 nitrogen and oxygen atoms in total. The van der Waals surface area contributed by atoms with Gasteiger partial charge in [0.2, 0.25) is 11.8 Å². The average Bonchev–Trinajstić information content (AvgIpc) is 2.36. The number of hydrogen-bond acceptors (Lipinski definition) is 4. The van der Waals surface area contributed by atoms with Gasteiger partial charge in [0.05, 0.1) is 31.2 Å². The maximum absolute atomic E-state index is 11.8. The standard InChI is InChI=1S/C11H13ClN4O2/c1-2-15-6-11(18)16(7-10(15)17)5-8-3-14-9(12)4-13-8/h3-4H,2,5-7H2,1H3. The van der Waals surface area contributed by atoms with Gasteiger partial charge in [-0.25, -0.2) is 4.98 Å². The zero-order valence-corrected chi connectivity index (χ0v) is 10.7. The van der Waals surface area contributed by atoms with Gasteiger partial charge in [-0.3, -0.25) is 14.6 Å². The van der Waals surface area contributed by atoms with Crippen LogP contribution in [0.25, 0.3) is 0 Å². The number of aromatic nitrogens is 2. The van der Waals surface area contributed by atoms with E-state index in [4.69, 9.17) is 11.6 Å². The van der Waals surface area contributed by atoms with Crippen molar-refractivity contribution in [3.63, 3.8) is 0 Å². The van der Waals surface area contributed by atoms with Crippen molar-refractivity contribution in [1.82, 2.24) is 19.8 Å². The Kier molecular flexibility index (Phi) is 3.76. The van der Waals surface area contributed by atoms with Gasteiger partial charge in [0.25, 0.3) is 0 Å². The van der Waals surface area contributed by atoms with Gasteiger partial charge in [-0.2, -0.15) is 0 Å². The predicted octanol–water partition coefficient (Wildman–Crippen LogP) is 0.321. The van der Waals surface area contributed by atoms with E-state index < -0.39 is 0 Å². The van der Waals surface area contributed by atoms with Crippen LogP contribution in [-0.4, -0.2) is 51.2 Å². The van der Waals surface area contributed by atoms with Crippen LogP contribution in [0.4, 0.5) is 0 Å². The first-order valence-electron chi connectivity index (χ1n) is 5.62. The van der Waals surface area contributed by atoms with Gasteiger partial charge in [0.1, 0.15) is 11.7 Å². The minimum atomic E-state index is -0.0757. The predicted molar refractivity (Wildman–Crippen MR) is 64.7 cm³/mol. The molecule has 0 spiro atoms. The third-order valence-electron chi connectivity index (χ3n) is 2.77. The van der Waals surface area contributed by atoms with Gasteiger partial charge in [-0.1, -0.05) is 11.6 Å². The van der Waals surface area contributed by atoms with Crippen LogP contribution in [0.1, 0.15) is 12.6 Å². The number of piperazine rings is 1. The van der Waals surface area contributed by atoms with Crippen molar-refractivity contribution in [3.8, 4) is 0 Å². The monoisotopic (exact) mass is 268 g/mol. The van der Waals surface area contributed by atoms with Crippen LogP contribution in [0.3, 0.4) is 0 Å². The summed E-state index contributed by atoms with van der Waals surface area (Å²) in [5, 5.41) is 0.303. The quantitative estimate of drug-likeness (QED) is 0.792. The molecular formula is C11H13ClN4O2. The first-order valence-corrected chi connectivity index (χ1v) is 6.00. The number of carbonyl (C=O) groups excluding carboxylic acids is 2. The molecule has 0 saturated carbocycles. The van der Waals surface area contributed by atoms with Crippen molar-refractivity contribution in [2.24, 2.45) is 0 Å². The molecule has 0 bridgehead atoms. The Morgan fingerprint density at radius 2 is 1.83 bits per heavy atom. The van der Waals surface area contributed by atoms with E-state index in [2.05, 4.69) is 9.97 Å². The zero-order chi connectivity index (χ0) is 13.1. The third kappa shape index (κ3) is 2.76. The lowest BCUT2D eigenvalue weighted by Gasteiger charge is -2.32. The van der Waals surface area contributed by atoms with Crippen LogP contribution < -0.4 is 0 Å². The molecule has 0 atom stereocenters. The first-order chi connectivity index (χ1) is 8.60. The van der Waals surface area contributed by atoms with Gasteiger partial charge in [0.15, 0.2) is 0 Å². The normalized spacial score (nSPS) is 16.3. The zero-order valence-electron chi connectivity index (χ0n) is 9.97. The number of rotatable bonds is 3. The Hall–Kier alpha value is -1.69. The van der Waals surface area contributed by atoms with Gasteiger partial charge < -0.3 is 9.80 Å². The molecule has 1 aromatic heterocycles. The Morgan fingerprint density at radius 1 is 1.17 bits per heavy atom. The Bertz CT molecular complexity index is 463. The second-order valence-corrected chi connectivity index (χ2v) is 4.38. The number of nitrogens with zero attached hydrogens (tertiary/aromatic N) is 4. The molecule has 7 heteroatoms. The van der Waals surface area contributed by atoms with E-state index in [0.717, 1.165) is 0 Å². The third-order valence-corrected chi connectivity index (χ3v) is 2.96. The van der Waals surface area contributed by atoms with Crippen LogP contribution >= 0.6 is 11.6 Å².